The quantitative estimate of drug-likeness (QED) is 0.697. The number of ether oxygens (including phenoxy) is 1. The zero-order valence-corrected chi connectivity index (χ0v) is 11.6. The lowest BCUT2D eigenvalue weighted by Gasteiger charge is -2.07. The van der Waals surface area contributed by atoms with Gasteiger partial charge >= 0.3 is 0 Å². The molecule has 104 valence electrons. The van der Waals surface area contributed by atoms with Crippen LogP contribution < -0.4 is 4.72 Å². The SMILES string of the molecule is O=S(=O)(NCCOCCO)c1cccc2nsnc12. The molecule has 1 aromatic heterocycles. The maximum Gasteiger partial charge on any atom is 0.242 e. The van der Waals surface area contributed by atoms with Gasteiger partial charge in [0.05, 0.1) is 31.5 Å². The highest BCUT2D eigenvalue weighted by Gasteiger charge is 2.18. The Kier molecular flexibility index (Phi) is 4.77. The number of sulfonamides is 1. The first kappa shape index (κ1) is 14.3. The van der Waals surface area contributed by atoms with Crippen molar-refractivity contribution in [2.75, 3.05) is 26.4 Å². The zero-order chi connectivity index (χ0) is 13.7. The summed E-state index contributed by atoms with van der Waals surface area (Å²) in [5, 5.41) is 8.52. The smallest absolute Gasteiger partial charge is 0.242 e. The summed E-state index contributed by atoms with van der Waals surface area (Å²) in [6.07, 6.45) is 0. The predicted octanol–water partition coefficient (Wildman–Crippen LogP) is -0.0215. The van der Waals surface area contributed by atoms with Gasteiger partial charge in [0.1, 0.15) is 15.9 Å². The minimum atomic E-state index is -3.63. The normalized spacial score (nSPS) is 12.1. The van der Waals surface area contributed by atoms with E-state index in [2.05, 4.69) is 13.5 Å². The molecule has 2 rings (SSSR count). The van der Waals surface area contributed by atoms with Crippen LogP contribution in [0.5, 0.6) is 0 Å². The molecule has 1 heterocycles. The molecule has 0 aliphatic rings. The van der Waals surface area contributed by atoms with Crippen LogP contribution in [-0.2, 0) is 14.8 Å². The van der Waals surface area contributed by atoms with Gasteiger partial charge in [-0.3, -0.25) is 0 Å². The second-order valence-electron chi connectivity index (χ2n) is 3.62. The molecule has 0 aliphatic heterocycles. The molecule has 2 N–H and O–H groups in total. The lowest BCUT2D eigenvalue weighted by molar-refractivity contribution is 0.0961. The van der Waals surface area contributed by atoms with Crippen molar-refractivity contribution in [2.24, 2.45) is 0 Å². The first-order valence-electron chi connectivity index (χ1n) is 5.55. The summed E-state index contributed by atoms with van der Waals surface area (Å²) in [6, 6.07) is 4.82. The van der Waals surface area contributed by atoms with E-state index in [-0.39, 0.29) is 31.3 Å². The molecule has 2 aromatic rings. The third-order valence-electron chi connectivity index (χ3n) is 2.31. The highest BCUT2D eigenvalue weighted by atomic mass is 32.2. The second kappa shape index (κ2) is 6.35. The van der Waals surface area contributed by atoms with Crippen LogP contribution in [0.1, 0.15) is 0 Å². The third kappa shape index (κ3) is 3.45. The van der Waals surface area contributed by atoms with Crippen molar-refractivity contribution >= 4 is 32.8 Å². The van der Waals surface area contributed by atoms with Crippen LogP contribution in [0.4, 0.5) is 0 Å². The Labute approximate surface area is 114 Å². The number of nitrogens with one attached hydrogen (secondary N) is 1. The number of aliphatic hydroxyl groups is 1. The summed E-state index contributed by atoms with van der Waals surface area (Å²) < 4.78 is 39.6. The van der Waals surface area contributed by atoms with Crippen LogP contribution in [0.15, 0.2) is 23.1 Å². The van der Waals surface area contributed by atoms with Crippen molar-refractivity contribution in [3.05, 3.63) is 18.2 Å². The van der Waals surface area contributed by atoms with Gasteiger partial charge in [0.15, 0.2) is 0 Å². The van der Waals surface area contributed by atoms with E-state index in [4.69, 9.17) is 9.84 Å². The van der Waals surface area contributed by atoms with E-state index < -0.39 is 10.0 Å². The van der Waals surface area contributed by atoms with E-state index in [1.54, 1.807) is 12.1 Å². The first-order chi connectivity index (χ1) is 9.15. The lowest BCUT2D eigenvalue weighted by atomic mass is 10.3. The Balaban J connectivity index is 2.09. The van der Waals surface area contributed by atoms with Crippen molar-refractivity contribution in [2.45, 2.75) is 4.90 Å². The van der Waals surface area contributed by atoms with Crippen LogP contribution in [0, 0.1) is 0 Å². The molecule has 0 unspecified atom stereocenters. The minimum Gasteiger partial charge on any atom is -0.394 e. The fourth-order valence-electron chi connectivity index (χ4n) is 1.49. The Morgan fingerprint density at radius 1 is 1.32 bits per heavy atom. The van der Waals surface area contributed by atoms with Gasteiger partial charge in [-0.15, -0.1) is 0 Å². The highest BCUT2D eigenvalue weighted by molar-refractivity contribution is 7.89. The van der Waals surface area contributed by atoms with Gasteiger partial charge in [-0.1, -0.05) is 6.07 Å². The molecule has 0 fully saturated rings. The van der Waals surface area contributed by atoms with E-state index >= 15 is 0 Å². The number of hydrogen-bond donors (Lipinski definition) is 2. The summed E-state index contributed by atoms with van der Waals surface area (Å²) in [7, 11) is -3.63. The van der Waals surface area contributed by atoms with Crippen molar-refractivity contribution in [3.63, 3.8) is 0 Å². The third-order valence-corrected chi connectivity index (χ3v) is 4.35. The summed E-state index contributed by atoms with van der Waals surface area (Å²) >= 11 is 0.973. The molecule has 7 nitrogen and oxygen atoms in total. The average molecular weight is 303 g/mol. The summed E-state index contributed by atoms with van der Waals surface area (Å²) in [5.74, 6) is 0. The van der Waals surface area contributed by atoms with Crippen molar-refractivity contribution in [1.82, 2.24) is 13.5 Å². The number of aliphatic hydroxyl groups excluding tert-OH is 1. The molecule has 0 aliphatic carbocycles. The monoisotopic (exact) mass is 303 g/mol. The molecule has 0 amide bonds. The van der Waals surface area contributed by atoms with E-state index in [1.807, 2.05) is 0 Å². The largest absolute Gasteiger partial charge is 0.394 e. The van der Waals surface area contributed by atoms with Crippen LogP contribution in [0.25, 0.3) is 11.0 Å². The molecule has 0 atom stereocenters. The van der Waals surface area contributed by atoms with Crippen LogP contribution in [-0.4, -0.2) is 48.6 Å². The Morgan fingerprint density at radius 2 is 2.16 bits per heavy atom. The molecule has 9 heteroatoms. The highest BCUT2D eigenvalue weighted by Crippen LogP contribution is 2.20. The molecule has 0 saturated heterocycles. The molecule has 0 bridgehead atoms. The molecule has 0 saturated carbocycles. The van der Waals surface area contributed by atoms with Gasteiger partial charge < -0.3 is 9.84 Å². The van der Waals surface area contributed by atoms with Gasteiger partial charge in [-0.2, -0.15) is 8.75 Å². The molecule has 1 aromatic carbocycles. The van der Waals surface area contributed by atoms with Crippen LogP contribution in [0.2, 0.25) is 0 Å². The van der Waals surface area contributed by atoms with Crippen molar-refractivity contribution in [3.8, 4) is 0 Å². The number of benzene rings is 1. The van der Waals surface area contributed by atoms with Crippen LogP contribution >= 0.6 is 11.7 Å². The maximum absolute atomic E-state index is 12.1. The molecular formula is C10H13N3O4S2. The predicted molar refractivity (Wildman–Crippen MR) is 70.5 cm³/mol. The van der Waals surface area contributed by atoms with Crippen LogP contribution in [0.3, 0.4) is 0 Å². The fraction of sp³-hybridized carbons (Fsp3) is 0.400. The van der Waals surface area contributed by atoms with Crippen molar-refractivity contribution < 1.29 is 18.3 Å². The Morgan fingerprint density at radius 3 is 2.95 bits per heavy atom. The van der Waals surface area contributed by atoms with E-state index in [9.17, 15) is 8.42 Å². The fourth-order valence-corrected chi connectivity index (χ4v) is 3.27. The van der Waals surface area contributed by atoms with Crippen molar-refractivity contribution in [1.29, 1.82) is 0 Å². The van der Waals surface area contributed by atoms with E-state index in [1.165, 1.54) is 6.07 Å². The van der Waals surface area contributed by atoms with Gasteiger partial charge in [-0.25, -0.2) is 13.1 Å². The summed E-state index contributed by atoms with van der Waals surface area (Å²) in [5.41, 5.74) is 0.931. The topological polar surface area (TPSA) is 101 Å². The number of hydrogen-bond acceptors (Lipinski definition) is 7. The molecule has 0 radical (unpaired) electrons. The lowest BCUT2D eigenvalue weighted by Crippen LogP contribution is -2.28. The van der Waals surface area contributed by atoms with Gasteiger partial charge in [-0.05, 0) is 12.1 Å². The molecule has 19 heavy (non-hydrogen) atoms. The Hall–Kier alpha value is -1.13. The average Bonchev–Trinajstić information content (AvgIpc) is 2.86. The Bertz CT molecular complexity index is 641. The number of fused-ring (bicyclic) bond motifs is 1. The summed E-state index contributed by atoms with van der Waals surface area (Å²) in [6.45, 7) is 0.436. The zero-order valence-electron chi connectivity index (χ0n) is 9.94. The number of rotatable bonds is 7. The minimum absolute atomic E-state index is 0.0868. The molecular weight excluding hydrogens is 290 g/mol. The summed E-state index contributed by atoms with van der Waals surface area (Å²) in [4.78, 5) is 0.112. The number of aromatic nitrogens is 2. The van der Waals surface area contributed by atoms with Gasteiger partial charge in [0.2, 0.25) is 10.0 Å². The van der Waals surface area contributed by atoms with E-state index in [0.29, 0.717) is 11.0 Å². The maximum atomic E-state index is 12.1. The second-order valence-corrected chi connectivity index (χ2v) is 5.89. The van der Waals surface area contributed by atoms with Gasteiger partial charge in [0, 0.05) is 6.54 Å². The van der Waals surface area contributed by atoms with E-state index in [0.717, 1.165) is 11.7 Å². The molecule has 0 spiro atoms. The van der Waals surface area contributed by atoms with Gasteiger partial charge in [0.25, 0.3) is 0 Å². The standard InChI is InChI=1S/C10H13N3O4S2/c14-5-7-17-6-4-11-19(15,16)9-3-1-2-8-10(9)13-18-12-8/h1-3,11,14H,4-7H2. The number of nitrogens with zero attached hydrogens (tertiary/aromatic N) is 2. The first-order valence-corrected chi connectivity index (χ1v) is 7.76.